The minimum Gasteiger partial charge on any atom is -0.370 e. The normalized spacial score (nSPS) is 10.6. The molecule has 0 atom stereocenters. The third-order valence-electron chi connectivity index (χ3n) is 3.20. The van der Waals surface area contributed by atoms with E-state index in [1.54, 1.807) is 0 Å². The first-order valence-corrected chi connectivity index (χ1v) is 8.66. The molecule has 0 saturated heterocycles. The van der Waals surface area contributed by atoms with E-state index in [2.05, 4.69) is 61.4 Å². The van der Waals surface area contributed by atoms with E-state index in [9.17, 15) is 0 Å². The minimum absolute atomic E-state index is 0.978. The summed E-state index contributed by atoms with van der Waals surface area (Å²) < 4.78 is 0. The molecule has 1 aromatic carbocycles. The number of anilines is 1. The highest BCUT2D eigenvalue weighted by Gasteiger charge is 2.00. The Morgan fingerprint density at radius 1 is 1.00 bits per heavy atom. The molecule has 0 bridgehead atoms. The number of nitrogens with one attached hydrogen (secondary N) is 1. The van der Waals surface area contributed by atoms with Gasteiger partial charge < -0.3 is 5.32 Å². The maximum atomic E-state index is 4.35. The quantitative estimate of drug-likeness (QED) is 0.783. The molecule has 21 heavy (non-hydrogen) atoms. The van der Waals surface area contributed by atoms with Crippen LogP contribution in [0, 0.1) is 13.8 Å². The molecule has 0 saturated carbocycles. The van der Waals surface area contributed by atoms with Gasteiger partial charge in [-0.3, -0.25) is 0 Å². The molecule has 0 aliphatic rings. The van der Waals surface area contributed by atoms with Crippen LogP contribution >= 0.6 is 11.8 Å². The van der Waals surface area contributed by atoms with E-state index in [0.29, 0.717) is 0 Å². The first-order valence-electron chi connectivity index (χ1n) is 7.51. The van der Waals surface area contributed by atoms with Gasteiger partial charge in [-0.1, -0.05) is 36.2 Å². The van der Waals surface area contributed by atoms with Gasteiger partial charge in [0.2, 0.25) is 0 Å². The fraction of sp³-hybridized carbons (Fsp3) is 0.389. The largest absolute Gasteiger partial charge is 0.370 e. The van der Waals surface area contributed by atoms with Gasteiger partial charge in [0.15, 0.2) is 0 Å². The Kier molecular flexibility index (Phi) is 6.12. The highest BCUT2D eigenvalue weighted by Crippen LogP contribution is 2.20. The molecule has 112 valence electrons. The lowest BCUT2D eigenvalue weighted by atomic mass is 10.1. The van der Waals surface area contributed by atoms with Crippen LogP contribution in [-0.4, -0.2) is 11.5 Å². The van der Waals surface area contributed by atoms with Crippen LogP contribution in [-0.2, 0) is 11.5 Å². The monoisotopic (exact) mass is 300 g/mol. The molecule has 0 aliphatic carbocycles. The minimum atomic E-state index is 0.978. The summed E-state index contributed by atoms with van der Waals surface area (Å²) in [5.41, 5.74) is 5.44. The number of hydrogen-bond acceptors (Lipinski definition) is 3. The fourth-order valence-corrected chi connectivity index (χ4v) is 3.27. The Morgan fingerprint density at radius 2 is 1.71 bits per heavy atom. The first-order chi connectivity index (χ1) is 10.2. The summed E-state index contributed by atoms with van der Waals surface area (Å²) >= 11 is 1.95. The van der Waals surface area contributed by atoms with E-state index in [1.165, 1.54) is 22.3 Å². The standard InChI is InChI=1S/C18H24N2S/c1-4-6-19-18-11-16(5-7-20-18)12-21-13-17-9-14(2)8-15(3)10-17/h5,7-11H,4,6,12-13H2,1-3H3,(H,19,20). The summed E-state index contributed by atoms with van der Waals surface area (Å²) in [5.74, 6) is 3.07. The lowest BCUT2D eigenvalue weighted by Gasteiger charge is -2.07. The second kappa shape index (κ2) is 8.08. The van der Waals surface area contributed by atoms with Crippen LogP contribution < -0.4 is 5.32 Å². The van der Waals surface area contributed by atoms with E-state index >= 15 is 0 Å². The van der Waals surface area contributed by atoms with Gasteiger partial charge in [-0.25, -0.2) is 4.98 Å². The fourth-order valence-electron chi connectivity index (χ4n) is 2.35. The molecular formula is C18H24N2S. The average molecular weight is 300 g/mol. The number of aryl methyl sites for hydroxylation is 2. The van der Waals surface area contributed by atoms with Crippen LogP contribution in [0.2, 0.25) is 0 Å². The topological polar surface area (TPSA) is 24.9 Å². The SMILES string of the molecule is CCCNc1cc(CSCc2cc(C)cc(C)c2)ccn1. The van der Waals surface area contributed by atoms with E-state index < -0.39 is 0 Å². The zero-order valence-electron chi connectivity index (χ0n) is 13.1. The maximum Gasteiger partial charge on any atom is 0.126 e. The van der Waals surface area contributed by atoms with Gasteiger partial charge >= 0.3 is 0 Å². The molecular weight excluding hydrogens is 276 g/mol. The van der Waals surface area contributed by atoms with E-state index in [4.69, 9.17) is 0 Å². The molecule has 0 spiro atoms. The molecule has 0 radical (unpaired) electrons. The van der Waals surface area contributed by atoms with Crippen molar-refractivity contribution in [3.63, 3.8) is 0 Å². The summed E-state index contributed by atoms with van der Waals surface area (Å²) in [7, 11) is 0. The van der Waals surface area contributed by atoms with Crippen LogP contribution in [0.5, 0.6) is 0 Å². The average Bonchev–Trinajstić information content (AvgIpc) is 2.44. The summed E-state index contributed by atoms with van der Waals surface area (Å²) in [5, 5.41) is 3.34. The Morgan fingerprint density at radius 3 is 2.43 bits per heavy atom. The Balaban J connectivity index is 1.88. The van der Waals surface area contributed by atoms with Crippen molar-refractivity contribution in [3.05, 3.63) is 58.8 Å². The maximum absolute atomic E-state index is 4.35. The highest BCUT2D eigenvalue weighted by molar-refractivity contribution is 7.97. The smallest absolute Gasteiger partial charge is 0.126 e. The van der Waals surface area contributed by atoms with Crippen LogP contribution in [0.25, 0.3) is 0 Å². The summed E-state index contributed by atoms with van der Waals surface area (Å²) in [6, 6.07) is 11.0. The zero-order chi connectivity index (χ0) is 15.1. The molecule has 2 aromatic rings. The first kappa shape index (κ1) is 15.9. The summed E-state index contributed by atoms with van der Waals surface area (Å²) in [6.07, 6.45) is 3.01. The van der Waals surface area contributed by atoms with Crippen LogP contribution in [0.15, 0.2) is 36.5 Å². The van der Waals surface area contributed by atoms with Crippen LogP contribution in [0.4, 0.5) is 5.82 Å². The number of thioether (sulfide) groups is 1. The van der Waals surface area contributed by atoms with Crippen molar-refractivity contribution in [3.8, 4) is 0 Å². The molecule has 2 nitrogen and oxygen atoms in total. The summed E-state index contributed by atoms with van der Waals surface area (Å²) in [4.78, 5) is 4.35. The second-order valence-corrected chi connectivity index (χ2v) is 6.45. The molecule has 1 aromatic heterocycles. The van der Waals surface area contributed by atoms with E-state index in [0.717, 1.165) is 30.3 Å². The predicted molar refractivity (Wildman–Crippen MR) is 93.9 cm³/mol. The van der Waals surface area contributed by atoms with Gasteiger partial charge in [0.05, 0.1) is 0 Å². The Bertz CT molecular complexity index is 561. The van der Waals surface area contributed by atoms with Crippen molar-refractivity contribution in [1.82, 2.24) is 4.98 Å². The van der Waals surface area contributed by atoms with Gasteiger partial charge in [0.1, 0.15) is 5.82 Å². The van der Waals surface area contributed by atoms with Gasteiger partial charge in [-0.2, -0.15) is 11.8 Å². The van der Waals surface area contributed by atoms with Gasteiger partial charge in [0, 0.05) is 24.2 Å². The number of hydrogen-bond donors (Lipinski definition) is 1. The van der Waals surface area contributed by atoms with Crippen molar-refractivity contribution >= 4 is 17.6 Å². The number of nitrogens with zero attached hydrogens (tertiary/aromatic N) is 1. The predicted octanol–water partition coefficient (Wildman–Crippen LogP) is 4.95. The lowest BCUT2D eigenvalue weighted by Crippen LogP contribution is -2.01. The van der Waals surface area contributed by atoms with Crippen molar-refractivity contribution in [2.75, 3.05) is 11.9 Å². The van der Waals surface area contributed by atoms with Crippen LogP contribution in [0.3, 0.4) is 0 Å². The van der Waals surface area contributed by atoms with Crippen molar-refractivity contribution in [1.29, 1.82) is 0 Å². The third-order valence-corrected chi connectivity index (χ3v) is 4.27. The number of benzene rings is 1. The number of rotatable bonds is 7. The van der Waals surface area contributed by atoms with Gasteiger partial charge in [0.25, 0.3) is 0 Å². The number of aromatic nitrogens is 1. The highest BCUT2D eigenvalue weighted by atomic mass is 32.2. The lowest BCUT2D eigenvalue weighted by molar-refractivity contribution is 0.968. The van der Waals surface area contributed by atoms with Crippen molar-refractivity contribution < 1.29 is 0 Å². The molecule has 3 heteroatoms. The molecule has 2 rings (SSSR count). The molecule has 1 heterocycles. The molecule has 0 fully saturated rings. The Labute approximate surface area is 132 Å². The zero-order valence-corrected chi connectivity index (χ0v) is 14.0. The third kappa shape index (κ3) is 5.43. The molecule has 1 N–H and O–H groups in total. The van der Waals surface area contributed by atoms with Gasteiger partial charge in [-0.05, 0) is 43.5 Å². The molecule has 0 amide bonds. The molecule has 0 aliphatic heterocycles. The molecule has 0 unspecified atom stereocenters. The van der Waals surface area contributed by atoms with Gasteiger partial charge in [-0.15, -0.1) is 0 Å². The van der Waals surface area contributed by atoms with Crippen molar-refractivity contribution in [2.24, 2.45) is 0 Å². The van der Waals surface area contributed by atoms with Crippen LogP contribution in [0.1, 0.15) is 35.6 Å². The Hall–Kier alpha value is -1.48. The van der Waals surface area contributed by atoms with Crippen molar-refractivity contribution in [2.45, 2.75) is 38.7 Å². The van der Waals surface area contributed by atoms with E-state index in [1.807, 2.05) is 18.0 Å². The number of pyridine rings is 1. The second-order valence-electron chi connectivity index (χ2n) is 5.46. The summed E-state index contributed by atoms with van der Waals surface area (Å²) in [6.45, 7) is 7.47. The van der Waals surface area contributed by atoms with E-state index in [-0.39, 0.29) is 0 Å².